The number of nitrogens with zero attached hydrogens (tertiary/aromatic N) is 1. The van der Waals surface area contributed by atoms with Crippen LogP contribution in [0.2, 0.25) is 0 Å². The minimum absolute atomic E-state index is 0.109. The number of fused-ring (bicyclic) bond motifs is 1. The predicted molar refractivity (Wildman–Crippen MR) is 110 cm³/mol. The molecule has 0 atom stereocenters. The molecule has 0 saturated heterocycles. The number of H-pyrrole nitrogens is 1. The summed E-state index contributed by atoms with van der Waals surface area (Å²) in [6, 6.07) is 21.5. The van der Waals surface area contributed by atoms with Crippen LogP contribution < -0.4 is 5.32 Å². The highest BCUT2D eigenvalue weighted by Gasteiger charge is 2.10. The van der Waals surface area contributed by atoms with Gasteiger partial charge in [-0.25, -0.2) is 4.98 Å². The summed E-state index contributed by atoms with van der Waals surface area (Å²) in [5.41, 5.74) is 6.71. The Bertz CT molecular complexity index is 1110. The van der Waals surface area contributed by atoms with E-state index in [1.165, 1.54) is 5.56 Å². The number of amides is 1. The van der Waals surface area contributed by atoms with E-state index in [0.29, 0.717) is 5.56 Å². The van der Waals surface area contributed by atoms with Gasteiger partial charge in [-0.05, 0) is 54.8 Å². The minimum Gasteiger partial charge on any atom is -0.338 e. The average Bonchev–Trinajstić information content (AvgIpc) is 3.11. The number of benzene rings is 3. The van der Waals surface area contributed by atoms with Crippen molar-refractivity contribution < 1.29 is 4.79 Å². The number of imidazole rings is 1. The van der Waals surface area contributed by atoms with Gasteiger partial charge in [-0.15, -0.1) is 0 Å². The van der Waals surface area contributed by atoms with Crippen LogP contribution in [0.15, 0.2) is 66.7 Å². The molecular weight excluding hydrogens is 334 g/mol. The number of hydrogen-bond donors (Lipinski definition) is 2. The number of rotatable bonds is 4. The SMILES string of the molecule is CCc1ccccc1NC(=O)c1ccc(-c2nc3ccc(C)cc3[nH]2)cc1. The first-order valence-corrected chi connectivity index (χ1v) is 9.10. The topological polar surface area (TPSA) is 57.8 Å². The monoisotopic (exact) mass is 355 g/mol. The van der Waals surface area contributed by atoms with Crippen LogP contribution in [0.1, 0.15) is 28.4 Å². The quantitative estimate of drug-likeness (QED) is 0.518. The molecule has 27 heavy (non-hydrogen) atoms. The maximum absolute atomic E-state index is 12.6. The van der Waals surface area contributed by atoms with Crippen molar-refractivity contribution in [2.24, 2.45) is 0 Å². The second-order valence-electron chi connectivity index (χ2n) is 6.65. The highest BCUT2D eigenvalue weighted by atomic mass is 16.1. The molecule has 4 aromatic rings. The molecule has 0 radical (unpaired) electrons. The van der Waals surface area contributed by atoms with Crippen molar-refractivity contribution in [2.45, 2.75) is 20.3 Å². The Morgan fingerprint density at radius 1 is 1.04 bits per heavy atom. The number of hydrogen-bond acceptors (Lipinski definition) is 2. The Balaban J connectivity index is 1.56. The Hall–Kier alpha value is -3.40. The third-order valence-electron chi connectivity index (χ3n) is 4.70. The van der Waals surface area contributed by atoms with E-state index in [4.69, 9.17) is 0 Å². The molecule has 3 aromatic carbocycles. The molecule has 0 aliphatic heterocycles. The molecule has 4 heteroatoms. The predicted octanol–water partition coefficient (Wildman–Crippen LogP) is 5.35. The molecular formula is C23H21N3O. The van der Waals surface area contributed by atoms with Gasteiger partial charge in [0.25, 0.3) is 5.91 Å². The van der Waals surface area contributed by atoms with Crippen LogP contribution in [0.5, 0.6) is 0 Å². The summed E-state index contributed by atoms with van der Waals surface area (Å²) in [4.78, 5) is 20.6. The molecule has 0 unspecified atom stereocenters. The van der Waals surface area contributed by atoms with Crippen molar-refractivity contribution >= 4 is 22.6 Å². The normalized spacial score (nSPS) is 10.9. The van der Waals surface area contributed by atoms with Gasteiger partial charge < -0.3 is 10.3 Å². The molecule has 0 fully saturated rings. The Kier molecular flexibility index (Phi) is 4.47. The Morgan fingerprint density at radius 2 is 1.81 bits per heavy atom. The number of carbonyl (C=O) groups excluding carboxylic acids is 1. The molecule has 0 aliphatic rings. The Labute approximate surface area is 158 Å². The standard InChI is InChI=1S/C23H21N3O/c1-3-16-6-4-5-7-19(16)26-23(27)18-11-9-17(10-12-18)22-24-20-13-8-15(2)14-21(20)25-22/h4-14H,3H2,1-2H3,(H,24,25)(H,26,27). The van der Waals surface area contributed by atoms with Gasteiger partial charge in [-0.3, -0.25) is 4.79 Å². The lowest BCUT2D eigenvalue weighted by Gasteiger charge is -2.09. The summed E-state index contributed by atoms with van der Waals surface area (Å²) in [6.07, 6.45) is 0.876. The van der Waals surface area contributed by atoms with Gasteiger partial charge in [0.2, 0.25) is 0 Å². The van der Waals surface area contributed by atoms with Gasteiger partial charge >= 0.3 is 0 Å². The fourth-order valence-corrected chi connectivity index (χ4v) is 3.18. The molecule has 1 amide bonds. The fraction of sp³-hybridized carbons (Fsp3) is 0.130. The second-order valence-corrected chi connectivity index (χ2v) is 6.65. The fourth-order valence-electron chi connectivity index (χ4n) is 3.18. The summed E-state index contributed by atoms with van der Waals surface area (Å²) in [6.45, 7) is 4.14. The molecule has 0 aliphatic carbocycles. The molecule has 134 valence electrons. The Morgan fingerprint density at radius 3 is 2.59 bits per heavy atom. The molecule has 2 N–H and O–H groups in total. The molecule has 4 nitrogen and oxygen atoms in total. The number of aromatic nitrogens is 2. The lowest BCUT2D eigenvalue weighted by Crippen LogP contribution is -2.13. The highest BCUT2D eigenvalue weighted by molar-refractivity contribution is 6.04. The van der Waals surface area contributed by atoms with Crippen LogP contribution in [0, 0.1) is 6.92 Å². The van der Waals surface area contributed by atoms with Crippen molar-refractivity contribution in [1.82, 2.24) is 9.97 Å². The van der Waals surface area contributed by atoms with Crippen LogP contribution >= 0.6 is 0 Å². The molecule has 1 heterocycles. The average molecular weight is 355 g/mol. The van der Waals surface area contributed by atoms with Crippen molar-refractivity contribution in [3.8, 4) is 11.4 Å². The largest absolute Gasteiger partial charge is 0.338 e. The minimum atomic E-state index is -0.109. The van der Waals surface area contributed by atoms with Crippen molar-refractivity contribution in [2.75, 3.05) is 5.32 Å². The van der Waals surface area contributed by atoms with Crippen molar-refractivity contribution in [3.05, 3.63) is 83.4 Å². The zero-order valence-electron chi connectivity index (χ0n) is 15.4. The number of aryl methyl sites for hydroxylation is 2. The molecule has 0 spiro atoms. The van der Waals surface area contributed by atoms with Crippen molar-refractivity contribution in [3.63, 3.8) is 0 Å². The molecule has 4 rings (SSSR count). The number of aromatic amines is 1. The van der Waals surface area contributed by atoms with Crippen LogP contribution in [-0.4, -0.2) is 15.9 Å². The van der Waals surface area contributed by atoms with Gasteiger partial charge in [0, 0.05) is 16.8 Å². The van der Waals surface area contributed by atoms with E-state index in [2.05, 4.69) is 41.3 Å². The third-order valence-corrected chi connectivity index (χ3v) is 4.70. The number of para-hydroxylation sites is 1. The van der Waals surface area contributed by atoms with E-state index >= 15 is 0 Å². The first-order valence-electron chi connectivity index (χ1n) is 9.10. The zero-order valence-corrected chi connectivity index (χ0v) is 15.4. The number of carbonyl (C=O) groups is 1. The van der Waals surface area contributed by atoms with E-state index in [0.717, 1.165) is 40.1 Å². The smallest absolute Gasteiger partial charge is 0.255 e. The van der Waals surface area contributed by atoms with Gasteiger partial charge in [0.1, 0.15) is 5.82 Å². The summed E-state index contributed by atoms with van der Waals surface area (Å²) in [7, 11) is 0. The van der Waals surface area contributed by atoms with Gasteiger partial charge in [-0.2, -0.15) is 0 Å². The third kappa shape index (κ3) is 3.47. The molecule has 1 aromatic heterocycles. The van der Waals surface area contributed by atoms with E-state index in [9.17, 15) is 4.79 Å². The van der Waals surface area contributed by atoms with Crippen LogP contribution in [0.4, 0.5) is 5.69 Å². The molecule has 0 bridgehead atoms. The van der Waals surface area contributed by atoms with Crippen LogP contribution in [-0.2, 0) is 6.42 Å². The highest BCUT2D eigenvalue weighted by Crippen LogP contribution is 2.22. The van der Waals surface area contributed by atoms with E-state index < -0.39 is 0 Å². The van der Waals surface area contributed by atoms with E-state index in [1.807, 2.05) is 54.6 Å². The summed E-state index contributed by atoms with van der Waals surface area (Å²) in [5, 5.41) is 3.00. The summed E-state index contributed by atoms with van der Waals surface area (Å²) >= 11 is 0. The second kappa shape index (κ2) is 7.08. The van der Waals surface area contributed by atoms with Gasteiger partial charge in [-0.1, -0.05) is 43.3 Å². The summed E-state index contributed by atoms with van der Waals surface area (Å²) in [5.74, 6) is 0.696. The maximum Gasteiger partial charge on any atom is 0.255 e. The summed E-state index contributed by atoms with van der Waals surface area (Å²) < 4.78 is 0. The van der Waals surface area contributed by atoms with E-state index in [-0.39, 0.29) is 5.91 Å². The maximum atomic E-state index is 12.6. The molecule has 0 saturated carbocycles. The lowest BCUT2D eigenvalue weighted by atomic mass is 10.1. The number of anilines is 1. The first-order chi connectivity index (χ1) is 13.1. The van der Waals surface area contributed by atoms with Crippen molar-refractivity contribution in [1.29, 1.82) is 0 Å². The van der Waals surface area contributed by atoms with Crippen LogP contribution in [0.25, 0.3) is 22.4 Å². The van der Waals surface area contributed by atoms with E-state index in [1.54, 1.807) is 0 Å². The van der Waals surface area contributed by atoms with Gasteiger partial charge in [0.05, 0.1) is 11.0 Å². The zero-order chi connectivity index (χ0) is 18.8. The van der Waals surface area contributed by atoms with Gasteiger partial charge in [0.15, 0.2) is 0 Å². The lowest BCUT2D eigenvalue weighted by molar-refractivity contribution is 0.102. The first kappa shape index (κ1) is 17.0. The number of nitrogens with one attached hydrogen (secondary N) is 2. The van der Waals surface area contributed by atoms with Crippen LogP contribution in [0.3, 0.4) is 0 Å².